The van der Waals surface area contributed by atoms with Crippen LogP contribution in [0.1, 0.15) is 29.0 Å². The topological polar surface area (TPSA) is 79.0 Å². The number of benzene rings is 3. The van der Waals surface area contributed by atoms with E-state index in [1.165, 1.54) is 12.3 Å². The standard InChI is InChI=1S/C22H20N2O3S/c1-14(18-9-5-7-15-6-3-4-8-19(15)18)23-22(25)21-13-16-12-17(28(2,26)27)10-11-20(16)24-21/h3-14,24H,1-2H3,(H,23,25). The van der Waals surface area contributed by atoms with Crippen LogP contribution in [-0.4, -0.2) is 25.6 Å². The first-order valence-corrected chi connectivity index (χ1v) is 10.8. The van der Waals surface area contributed by atoms with Crippen LogP contribution in [0.3, 0.4) is 0 Å². The minimum Gasteiger partial charge on any atom is -0.351 e. The van der Waals surface area contributed by atoms with Gasteiger partial charge in [0, 0.05) is 17.2 Å². The molecule has 0 spiro atoms. The molecule has 0 saturated heterocycles. The molecule has 4 rings (SSSR count). The second-order valence-electron chi connectivity index (χ2n) is 6.97. The van der Waals surface area contributed by atoms with Gasteiger partial charge in [-0.1, -0.05) is 42.5 Å². The molecule has 1 aromatic heterocycles. The van der Waals surface area contributed by atoms with Crippen molar-refractivity contribution in [2.24, 2.45) is 0 Å². The van der Waals surface area contributed by atoms with E-state index in [4.69, 9.17) is 0 Å². The molecule has 0 bridgehead atoms. The lowest BCUT2D eigenvalue weighted by molar-refractivity contribution is 0.0936. The minimum absolute atomic E-state index is 0.184. The summed E-state index contributed by atoms with van der Waals surface area (Å²) in [6.07, 6.45) is 1.17. The number of sulfone groups is 1. The summed E-state index contributed by atoms with van der Waals surface area (Å²) < 4.78 is 23.5. The summed E-state index contributed by atoms with van der Waals surface area (Å²) in [5.41, 5.74) is 2.16. The number of H-pyrrole nitrogens is 1. The number of carbonyl (C=O) groups excluding carboxylic acids is 1. The first-order chi connectivity index (χ1) is 13.3. The molecule has 1 heterocycles. The summed E-state index contributed by atoms with van der Waals surface area (Å²) in [5, 5.41) is 5.94. The highest BCUT2D eigenvalue weighted by Gasteiger charge is 2.16. The van der Waals surface area contributed by atoms with Gasteiger partial charge < -0.3 is 10.3 Å². The van der Waals surface area contributed by atoms with Crippen LogP contribution in [0.15, 0.2) is 71.6 Å². The first kappa shape index (κ1) is 18.3. The first-order valence-electron chi connectivity index (χ1n) is 8.94. The molecule has 142 valence electrons. The number of fused-ring (bicyclic) bond motifs is 2. The van der Waals surface area contributed by atoms with Gasteiger partial charge in [0.15, 0.2) is 9.84 Å². The van der Waals surface area contributed by atoms with Crippen molar-refractivity contribution >= 4 is 37.4 Å². The molecule has 1 atom stereocenters. The van der Waals surface area contributed by atoms with E-state index in [0.717, 1.165) is 21.9 Å². The molecule has 0 fully saturated rings. The highest BCUT2D eigenvalue weighted by molar-refractivity contribution is 7.90. The smallest absolute Gasteiger partial charge is 0.268 e. The second kappa shape index (κ2) is 6.80. The van der Waals surface area contributed by atoms with Crippen LogP contribution in [0.5, 0.6) is 0 Å². The Labute approximate surface area is 163 Å². The summed E-state index contributed by atoms with van der Waals surface area (Å²) in [6.45, 7) is 1.95. The van der Waals surface area contributed by atoms with Gasteiger partial charge in [-0.2, -0.15) is 0 Å². The van der Waals surface area contributed by atoms with Crippen molar-refractivity contribution in [1.29, 1.82) is 0 Å². The number of hydrogen-bond acceptors (Lipinski definition) is 3. The molecule has 0 aliphatic heterocycles. The van der Waals surface area contributed by atoms with Gasteiger partial charge in [-0.25, -0.2) is 8.42 Å². The molecule has 0 aliphatic rings. The van der Waals surface area contributed by atoms with Gasteiger partial charge in [-0.15, -0.1) is 0 Å². The Hall–Kier alpha value is -3.12. The monoisotopic (exact) mass is 392 g/mol. The molecule has 5 nitrogen and oxygen atoms in total. The molecular weight excluding hydrogens is 372 g/mol. The number of aromatic amines is 1. The van der Waals surface area contributed by atoms with Crippen LogP contribution in [0.2, 0.25) is 0 Å². The van der Waals surface area contributed by atoms with E-state index in [-0.39, 0.29) is 16.8 Å². The maximum absolute atomic E-state index is 12.8. The molecule has 2 N–H and O–H groups in total. The normalized spacial score (nSPS) is 12.9. The Balaban J connectivity index is 1.62. The lowest BCUT2D eigenvalue weighted by Crippen LogP contribution is -2.27. The van der Waals surface area contributed by atoms with Crippen molar-refractivity contribution in [2.45, 2.75) is 17.9 Å². The summed E-state index contributed by atoms with van der Waals surface area (Å²) in [4.78, 5) is 16.0. The van der Waals surface area contributed by atoms with Crippen LogP contribution in [0, 0.1) is 0 Å². The molecule has 6 heteroatoms. The molecule has 3 aromatic carbocycles. The van der Waals surface area contributed by atoms with Gasteiger partial charge >= 0.3 is 0 Å². The highest BCUT2D eigenvalue weighted by Crippen LogP contribution is 2.25. The van der Waals surface area contributed by atoms with Gasteiger partial charge in [-0.05, 0) is 47.5 Å². The van der Waals surface area contributed by atoms with Gasteiger partial charge in [0.2, 0.25) is 0 Å². The van der Waals surface area contributed by atoms with E-state index in [2.05, 4.69) is 10.3 Å². The van der Waals surface area contributed by atoms with Crippen molar-refractivity contribution in [3.63, 3.8) is 0 Å². The number of hydrogen-bond donors (Lipinski definition) is 2. The van der Waals surface area contributed by atoms with Gasteiger partial charge in [0.1, 0.15) is 5.69 Å². The largest absolute Gasteiger partial charge is 0.351 e. The summed E-state index contributed by atoms with van der Waals surface area (Å²) in [5.74, 6) is -0.238. The van der Waals surface area contributed by atoms with Crippen LogP contribution in [0.4, 0.5) is 0 Å². The zero-order valence-corrected chi connectivity index (χ0v) is 16.4. The zero-order valence-electron chi connectivity index (χ0n) is 15.6. The summed E-state index contributed by atoms with van der Waals surface area (Å²) in [6, 6.07) is 20.4. The Kier molecular flexibility index (Phi) is 4.43. The van der Waals surface area contributed by atoms with Crippen molar-refractivity contribution in [3.8, 4) is 0 Å². The van der Waals surface area contributed by atoms with Crippen molar-refractivity contribution in [3.05, 3.63) is 78.0 Å². The van der Waals surface area contributed by atoms with Crippen LogP contribution >= 0.6 is 0 Å². The predicted octanol–water partition coefficient (Wildman–Crippen LogP) is 4.22. The van der Waals surface area contributed by atoms with Crippen LogP contribution < -0.4 is 5.32 Å². The maximum Gasteiger partial charge on any atom is 0.268 e. The molecule has 1 unspecified atom stereocenters. The second-order valence-corrected chi connectivity index (χ2v) is 8.98. The van der Waals surface area contributed by atoms with Gasteiger partial charge in [-0.3, -0.25) is 4.79 Å². The molecule has 0 radical (unpaired) electrons. The lowest BCUT2D eigenvalue weighted by Gasteiger charge is -2.16. The van der Waals surface area contributed by atoms with Crippen molar-refractivity contribution in [2.75, 3.05) is 6.26 Å². The number of rotatable bonds is 4. The maximum atomic E-state index is 12.8. The van der Waals surface area contributed by atoms with Gasteiger partial charge in [0.05, 0.1) is 10.9 Å². The fraction of sp³-hybridized carbons (Fsp3) is 0.136. The molecule has 4 aromatic rings. The highest BCUT2D eigenvalue weighted by atomic mass is 32.2. The van der Waals surface area contributed by atoms with Crippen molar-refractivity contribution in [1.82, 2.24) is 10.3 Å². The van der Waals surface area contributed by atoms with E-state index in [9.17, 15) is 13.2 Å². The average molecular weight is 392 g/mol. The lowest BCUT2D eigenvalue weighted by atomic mass is 9.99. The molecule has 1 amide bonds. The Morgan fingerprint density at radius 2 is 1.71 bits per heavy atom. The molecular formula is C22H20N2O3S. The number of nitrogens with one attached hydrogen (secondary N) is 2. The van der Waals surface area contributed by atoms with E-state index < -0.39 is 9.84 Å². The van der Waals surface area contributed by atoms with Gasteiger partial charge in [0.25, 0.3) is 5.91 Å². The minimum atomic E-state index is -3.30. The number of carbonyl (C=O) groups is 1. The Bertz CT molecular complexity index is 1300. The average Bonchev–Trinajstić information content (AvgIpc) is 3.10. The Morgan fingerprint density at radius 3 is 2.50 bits per heavy atom. The van der Waals surface area contributed by atoms with E-state index in [1.807, 2.05) is 49.4 Å². The molecule has 28 heavy (non-hydrogen) atoms. The quantitative estimate of drug-likeness (QED) is 0.546. The van der Waals surface area contributed by atoms with E-state index >= 15 is 0 Å². The third-order valence-electron chi connectivity index (χ3n) is 4.90. The van der Waals surface area contributed by atoms with E-state index in [1.54, 1.807) is 18.2 Å². The number of amides is 1. The third kappa shape index (κ3) is 3.39. The van der Waals surface area contributed by atoms with E-state index in [0.29, 0.717) is 11.1 Å². The predicted molar refractivity (Wildman–Crippen MR) is 111 cm³/mol. The van der Waals surface area contributed by atoms with Crippen LogP contribution in [0.25, 0.3) is 21.7 Å². The van der Waals surface area contributed by atoms with Crippen LogP contribution in [-0.2, 0) is 9.84 Å². The Morgan fingerprint density at radius 1 is 0.964 bits per heavy atom. The molecule has 0 saturated carbocycles. The molecule has 0 aliphatic carbocycles. The zero-order chi connectivity index (χ0) is 19.9. The SMILES string of the molecule is CC(NC(=O)c1cc2cc(S(C)(=O)=O)ccc2[nH]1)c1cccc2ccccc12. The fourth-order valence-electron chi connectivity index (χ4n) is 3.44. The number of aromatic nitrogens is 1. The third-order valence-corrected chi connectivity index (χ3v) is 6.01. The summed E-state index contributed by atoms with van der Waals surface area (Å²) in [7, 11) is -3.30. The van der Waals surface area contributed by atoms with Crippen molar-refractivity contribution < 1.29 is 13.2 Å². The summed E-state index contributed by atoms with van der Waals surface area (Å²) >= 11 is 0. The fourth-order valence-corrected chi connectivity index (χ4v) is 4.10.